The third-order valence-electron chi connectivity index (χ3n) is 4.34. The molecule has 2 aromatic carbocycles. The van der Waals surface area contributed by atoms with Crippen LogP contribution in [0.1, 0.15) is 35.2 Å². The first kappa shape index (κ1) is 22.8. The van der Waals surface area contributed by atoms with Crippen LogP contribution in [-0.2, 0) is 14.3 Å². The first-order chi connectivity index (χ1) is 14.2. The third kappa shape index (κ3) is 5.77. The number of benzene rings is 2. The first-order valence-corrected chi connectivity index (χ1v) is 9.37. The first-order valence-electron chi connectivity index (χ1n) is 8.99. The van der Waals surface area contributed by atoms with Gasteiger partial charge in [0.2, 0.25) is 5.91 Å². The third-order valence-corrected chi connectivity index (χ3v) is 4.67. The summed E-state index contributed by atoms with van der Waals surface area (Å²) in [5.74, 6) is -3.06. The van der Waals surface area contributed by atoms with Crippen molar-refractivity contribution in [3.05, 3.63) is 74.8 Å². The molecule has 9 nitrogen and oxygen atoms in total. The topological polar surface area (TPSA) is 142 Å². The second-order valence-corrected chi connectivity index (χ2v) is 6.70. The largest absolute Gasteiger partial charge is 0.466 e. The van der Waals surface area contributed by atoms with Crippen LogP contribution in [0.2, 0.25) is 5.02 Å². The van der Waals surface area contributed by atoms with E-state index in [2.05, 4.69) is 5.32 Å². The number of nitro groups is 1. The standard InChI is InChI=1S/C20H20ClN3O6/c1-2-30-17(25)11-15(12-7-9-13(10-8-12)24(28)29)18(19(22)26)23-20(27)14-5-3-4-6-16(14)21/h3-10,15,18H,2,11H2,1H3,(H2,22,26)(H,23,27)/t15-,18+/m1/s1. The number of nitrogens with two attached hydrogens (primary N) is 1. The molecular formula is C20H20ClN3O6. The van der Waals surface area contributed by atoms with Gasteiger partial charge in [0.1, 0.15) is 6.04 Å². The van der Waals surface area contributed by atoms with Gasteiger partial charge in [0.05, 0.1) is 28.5 Å². The summed E-state index contributed by atoms with van der Waals surface area (Å²) < 4.78 is 4.96. The van der Waals surface area contributed by atoms with Crippen molar-refractivity contribution < 1.29 is 24.0 Å². The fourth-order valence-corrected chi connectivity index (χ4v) is 3.13. The molecule has 0 fully saturated rings. The number of halogens is 1. The van der Waals surface area contributed by atoms with Crippen LogP contribution in [0, 0.1) is 10.1 Å². The summed E-state index contributed by atoms with van der Waals surface area (Å²) in [7, 11) is 0. The number of esters is 1. The quantitative estimate of drug-likeness (QED) is 0.353. The van der Waals surface area contributed by atoms with Crippen LogP contribution in [-0.4, -0.2) is 35.4 Å². The van der Waals surface area contributed by atoms with Crippen molar-refractivity contribution in [2.45, 2.75) is 25.3 Å². The maximum atomic E-state index is 12.7. The van der Waals surface area contributed by atoms with Crippen molar-refractivity contribution in [2.75, 3.05) is 6.61 Å². The van der Waals surface area contributed by atoms with Gasteiger partial charge in [0.15, 0.2) is 0 Å². The smallest absolute Gasteiger partial charge is 0.306 e. The molecule has 0 heterocycles. The Bertz CT molecular complexity index is 948. The minimum atomic E-state index is -1.29. The molecule has 0 saturated heterocycles. The lowest BCUT2D eigenvalue weighted by molar-refractivity contribution is -0.384. The summed E-state index contributed by atoms with van der Waals surface area (Å²) in [6.45, 7) is 1.75. The maximum absolute atomic E-state index is 12.7. The Morgan fingerprint density at radius 3 is 2.33 bits per heavy atom. The zero-order valence-electron chi connectivity index (χ0n) is 16.0. The molecule has 0 aliphatic rings. The number of hydrogen-bond acceptors (Lipinski definition) is 6. The van der Waals surface area contributed by atoms with Gasteiger partial charge in [0.25, 0.3) is 11.6 Å². The number of carbonyl (C=O) groups excluding carboxylic acids is 3. The Hall–Kier alpha value is -3.46. The Morgan fingerprint density at radius 1 is 1.17 bits per heavy atom. The average molecular weight is 434 g/mol. The molecule has 2 aromatic rings. The average Bonchev–Trinajstić information content (AvgIpc) is 2.70. The van der Waals surface area contributed by atoms with Gasteiger partial charge in [0, 0.05) is 18.1 Å². The van der Waals surface area contributed by atoms with Gasteiger partial charge in [-0.15, -0.1) is 0 Å². The number of rotatable bonds is 9. The predicted molar refractivity (Wildman–Crippen MR) is 109 cm³/mol. The number of nitrogens with one attached hydrogen (secondary N) is 1. The van der Waals surface area contributed by atoms with Crippen LogP contribution in [0.5, 0.6) is 0 Å². The zero-order chi connectivity index (χ0) is 22.3. The van der Waals surface area contributed by atoms with E-state index in [9.17, 15) is 24.5 Å². The zero-order valence-corrected chi connectivity index (χ0v) is 16.8. The number of nitro benzene ring substituents is 1. The minimum absolute atomic E-state index is 0.124. The van der Waals surface area contributed by atoms with Gasteiger partial charge >= 0.3 is 5.97 Å². The van der Waals surface area contributed by atoms with Crippen LogP contribution in [0.3, 0.4) is 0 Å². The van der Waals surface area contributed by atoms with Gasteiger partial charge in [-0.3, -0.25) is 24.5 Å². The Labute approximate surface area is 177 Å². The summed E-state index contributed by atoms with van der Waals surface area (Å²) in [4.78, 5) is 47.3. The van der Waals surface area contributed by atoms with Gasteiger partial charge in [-0.25, -0.2) is 0 Å². The summed E-state index contributed by atoms with van der Waals surface area (Å²) in [5.41, 5.74) is 5.89. The van der Waals surface area contributed by atoms with Crippen molar-refractivity contribution in [1.82, 2.24) is 5.32 Å². The Balaban J connectivity index is 2.39. The van der Waals surface area contributed by atoms with Gasteiger partial charge in [-0.2, -0.15) is 0 Å². The number of primary amides is 1. The summed E-state index contributed by atoms with van der Waals surface area (Å²) in [6.07, 6.45) is -0.276. The van der Waals surface area contributed by atoms with Crippen LogP contribution < -0.4 is 11.1 Å². The fraction of sp³-hybridized carbons (Fsp3) is 0.250. The van der Waals surface area contributed by atoms with Crippen LogP contribution in [0.15, 0.2) is 48.5 Å². The van der Waals surface area contributed by atoms with Crippen LogP contribution in [0.4, 0.5) is 5.69 Å². The number of amides is 2. The molecule has 2 amide bonds. The van der Waals surface area contributed by atoms with Crippen LogP contribution in [0.25, 0.3) is 0 Å². The molecular weight excluding hydrogens is 414 g/mol. The van der Waals surface area contributed by atoms with Crippen molar-refractivity contribution >= 4 is 35.1 Å². The van der Waals surface area contributed by atoms with E-state index in [4.69, 9.17) is 22.1 Å². The van der Waals surface area contributed by atoms with E-state index in [-0.39, 0.29) is 29.3 Å². The second kappa shape index (κ2) is 10.4. The van der Waals surface area contributed by atoms with E-state index in [1.807, 2.05) is 0 Å². The minimum Gasteiger partial charge on any atom is -0.466 e. The number of carbonyl (C=O) groups is 3. The van der Waals surface area contributed by atoms with Gasteiger partial charge in [-0.1, -0.05) is 35.9 Å². The Morgan fingerprint density at radius 2 is 1.80 bits per heavy atom. The molecule has 30 heavy (non-hydrogen) atoms. The Kier molecular flexibility index (Phi) is 7.88. The van der Waals surface area contributed by atoms with Crippen molar-refractivity contribution in [3.63, 3.8) is 0 Å². The summed E-state index contributed by atoms with van der Waals surface area (Å²) in [5, 5.41) is 13.6. The molecule has 0 aromatic heterocycles. The lowest BCUT2D eigenvalue weighted by atomic mass is 9.87. The van der Waals surface area contributed by atoms with Gasteiger partial charge < -0.3 is 15.8 Å². The molecule has 10 heteroatoms. The van der Waals surface area contributed by atoms with E-state index in [0.717, 1.165) is 0 Å². The predicted octanol–water partition coefficient (Wildman–Crippen LogP) is 2.57. The molecule has 158 valence electrons. The normalized spacial score (nSPS) is 12.5. The lowest BCUT2D eigenvalue weighted by Gasteiger charge is -2.25. The molecule has 0 bridgehead atoms. The van der Waals surface area contributed by atoms with Crippen LogP contribution >= 0.6 is 11.6 Å². The molecule has 0 aliphatic carbocycles. The van der Waals surface area contributed by atoms with Crippen molar-refractivity contribution in [1.29, 1.82) is 0 Å². The maximum Gasteiger partial charge on any atom is 0.306 e. The molecule has 0 radical (unpaired) electrons. The highest BCUT2D eigenvalue weighted by Gasteiger charge is 2.32. The second-order valence-electron chi connectivity index (χ2n) is 6.30. The summed E-state index contributed by atoms with van der Waals surface area (Å²) in [6, 6.07) is 10.2. The highest BCUT2D eigenvalue weighted by atomic mass is 35.5. The monoisotopic (exact) mass is 433 g/mol. The molecule has 0 saturated carbocycles. The van der Waals surface area contributed by atoms with Crippen molar-refractivity contribution in [3.8, 4) is 0 Å². The number of hydrogen-bond donors (Lipinski definition) is 2. The number of ether oxygens (including phenoxy) is 1. The van der Waals surface area contributed by atoms with E-state index >= 15 is 0 Å². The lowest BCUT2D eigenvalue weighted by Crippen LogP contribution is -2.48. The molecule has 0 unspecified atom stereocenters. The molecule has 2 atom stereocenters. The highest BCUT2D eigenvalue weighted by molar-refractivity contribution is 6.33. The highest BCUT2D eigenvalue weighted by Crippen LogP contribution is 2.27. The number of nitrogens with zero attached hydrogens (tertiary/aromatic N) is 1. The van der Waals surface area contributed by atoms with Gasteiger partial charge in [-0.05, 0) is 24.6 Å². The van der Waals surface area contributed by atoms with E-state index in [1.165, 1.54) is 36.4 Å². The van der Waals surface area contributed by atoms with E-state index in [0.29, 0.717) is 5.56 Å². The summed E-state index contributed by atoms with van der Waals surface area (Å²) >= 11 is 6.04. The van der Waals surface area contributed by atoms with Crippen molar-refractivity contribution in [2.24, 2.45) is 5.73 Å². The molecule has 2 rings (SSSR count). The van der Waals surface area contributed by atoms with E-state index in [1.54, 1.807) is 19.1 Å². The molecule has 0 aliphatic heterocycles. The SMILES string of the molecule is CCOC(=O)C[C@H](c1ccc([N+](=O)[O-])cc1)[C@H](NC(=O)c1ccccc1Cl)C(N)=O. The van der Waals surface area contributed by atoms with E-state index < -0.39 is 34.7 Å². The number of non-ortho nitro benzene ring substituents is 1. The fourth-order valence-electron chi connectivity index (χ4n) is 2.91. The molecule has 3 N–H and O–H groups in total. The molecule has 0 spiro atoms.